The summed E-state index contributed by atoms with van der Waals surface area (Å²) in [6.07, 6.45) is 2.20. The summed E-state index contributed by atoms with van der Waals surface area (Å²) in [5.41, 5.74) is 0.394. The van der Waals surface area contributed by atoms with Crippen molar-refractivity contribution in [3.8, 4) is 5.75 Å². The van der Waals surface area contributed by atoms with Crippen LogP contribution in [0.15, 0.2) is 24.3 Å². The summed E-state index contributed by atoms with van der Waals surface area (Å²) in [5.74, 6) is 0.00391. The Morgan fingerprint density at radius 3 is 2.46 bits per heavy atom. The number of unbranched alkanes of at least 4 members (excludes halogenated alkanes) is 1. The number of hydrogen-bond donors (Lipinski definition) is 1. The number of carbonyl (C=O) groups is 3. The molecule has 1 aromatic carbocycles. The molecule has 1 aromatic rings. The Morgan fingerprint density at radius 2 is 1.86 bits per heavy atom. The summed E-state index contributed by atoms with van der Waals surface area (Å²) < 4.78 is 11.0. The van der Waals surface area contributed by atoms with Crippen LogP contribution in [-0.2, 0) is 14.3 Å². The van der Waals surface area contributed by atoms with E-state index in [1.807, 2.05) is 45.0 Å². The Bertz CT molecular complexity index is 694. The van der Waals surface area contributed by atoms with Crippen molar-refractivity contribution in [1.82, 2.24) is 10.2 Å². The van der Waals surface area contributed by atoms with E-state index in [2.05, 4.69) is 5.32 Å². The predicted octanol–water partition coefficient (Wildman–Crippen LogP) is 3.23. The SMILES string of the molecule is CN(CCCCOc1ccc(C2CCC(=O)NC2=O)cc1)C(=O)OC(C)(C)C. The first-order valence-corrected chi connectivity index (χ1v) is 9.66. The zero-order valence-corrected chi connectivity index (χ0v) is 17.1. The highest BCUT2D eigenvalue weighted by atomic mass is 16.6. The van der Waals surface area contributed by atoms with Gasteiger partial charge >= 0.3 is 6.09 Å². The zero-order chi connectivity index (χ0) is 20.7. The van der Waals surface area contributed by atoms with Crippen LogP contribution in [-0.4, -0.2) is 48.6 Å². The second kappa shape index (κ2) is 9.57. The lowest BCUT2D eigenvalue weighted by Crippen LogP contribution is -2.39. The summed E-state index contributed by atoms with van der Waals surface area (Å²) >= 11 is 0. The normalized spacial score (nSPS) is 17.1. The molecule has 0 radical (unpaired) electrons. The monoisotopic (exact) mass is 390 g/mol. The van der Waals surface area contributed by atoms with Crippen molar-refractivity contribution in [2.45, 2.75) is 58.0 Å². The van der Waals surface area contributed by atoms with Gasteiger partial charge in [0.1, 0.15) is 11.4 Å². The summed E-state index contributed by atoms with van der Waals surface area (Å²) in [6, 6.07) is 7.41. The van der Waals surface area contributed by atoms with Crippen LogP contribution in [0.25, 0.3) is 0 Å². The van der Waals surface area contributed by atoms with Gasteiger partial charge < -0.3 is 14.4 Å². The van der Waals surface area contributed by atoms with E-state index in [4.69, 9.17) is 9.47 Å². The van der Waals surface area contributed by atoms with Gasteiger partial charge in [-0.1, -0.05) is 12.1 Å². The molecule has 2 rings (SSSR count). The third-order valence-electron chi connectivity index (χ3n) is 4.38. The number of rotatable bonds is 7. The molecule has 7 nitrogen and oxygen atoms in total. The Balaban J connectivity index is 1.69. The number of piperidine rings is 1. The fraction of sp³-hybridized carbons (Fsp3) is 0.571. The summed E-state index contributed by atoms with van der Waals surface area (Å²) in [7, 11) is 1.72. The topological polar surface area (TPSA) is 84.9 Å². The standard InChI is InChI=1S/C21H30N2O5/c1-21(2,3)28-20(26)23(4)13-5-6-14-27-16-9-7-15(8-10-16)17-11-12-18(24)22-19(17)25/h7-10,17H,5-6,11-14H2,1-4H3,(H,22,24,25). The predicted molar refractivity (Wildman–Crippen MR) is 105 cm³/mol. The Labute approximate surface area is 166 Å². The number of hydrogen-bond acceptors (Lipinski definition) is 5. The molecule has 1 aliphatic heterocycles. The van der Waals surface area contributed by atoms with E-state index in [1.165, 1.54) is 0 Å². The maximum Gasteiger partial charge on any atom is 0.410 e. The minimum atomic E-state index is -0.492. The minimum Gasteiger partial charge on any atom is -0.494 e. The molecule has 7 heteroatoms. The van der Waals surface area contributed by atoms with Gasteiger partial charge in [0.25, 0.3) is 0 Å². The molecule has 1 heterocycles. The quantitative estimate of drug-likeness (QED) is 0.571. The van der Waals surface area contributed by atoms with Crippen LogP contribution in [0.2, 0.25) is 0 Å². The molecular weight excluding hydrogens is 360 g/mol. The molecule has 1 fully saturated rings. The Kier molecular flexibility index (Phi) is 7.43. The van der Waals surface area contributed by atoms with Gasteiger partial charge in [-0.15, -0.1) is 0 Å². The summed E-state index contributed by atoms with van der Waals surface area (Å²) in [6.45, 7) is 6.68. The molecule has 1 saturated heterocycles. The highest BCUT2D eigenvalue weighted by Crippen LogP contribution is 2.26. The first kappa shape index (κ1) is 21.7. The number of imide groups is 1. The van der Waals surface area contributed by atoms with Crippen LogP contribution in [0.1, 0.15) is 57.9 Å². The van der Waals surface area contributed by atoms with Crippen LogP contribution in [0.5, 0.6) is 5.75 Å². The van der Waals surface area contributed by atoms with Gasteiger partial charge in [-0.2, -0.15) is 0 Å². The molecule has 1 atom stereocenters. The maximum atomic E-state index is 11.9. The van der Waals surface area contributed by atoms with E-state index in [0.29, 0.717) is 26.0 Å². The third kappa shape index (κ3) is 6.87. The number of ether oxygens (including phenoxy) is 2. The molecule has 0 bridgehead atoms. The maximum absolute atomic E-state index is 11.9. The molecule has 0 aromatic heterocycles. The van der Waals surface area contributed by atoms with Gasteiger partial charge in [0, 0.05) is 20.0 Å². The smallest absolute Gasteiger partial charge is 0.410 e. The van der Waals surface area contributed by atoms with Crippen molar-refractivity contribution in [1.29, 1.82) is 0 Å². The van der Waals surface area contributed by atoms with Crippen molar-refractivity contribution in [2.75, 3.05) is 20.2 Å². The molecular formula is C21H30N2O5. The van der Waals surface area contributed by atoms with Crippen molar-refractivity contribution in [3.63, 3.8) is 0 Å². The molecule has 0 aliphatic carbocycles. The van der Waals surface area contributed by atoms with Crippen LogP contribution < -0.4 is 10.1 Å². The van der Waals surface area contributed by atoms with E-state index in [1.54, 1.807) is 11.9 Å². The van der Waals surface area contributed by atoms with E-state index < -0.39 is 5.60 Å². The Morgan fingerprint density at radius 1 is 1.18 bits per heavy atom. The number of benzene rings is 1. The number of carbonyl (C=O) groups excluding carboxylic acids is 3. The van der Waals surface area contributed by atoms with Crippen molar-refractivity contribution in [3.05, 3.63) is 29.8 Å². The van der Waals surface area contributed by atoms with E-state index in [0.717, 1.165) is 24.2 Å². The lowest BCUT2D eigenvalue weighted by molar-refractivity contribution is -0.134. The molecule has 0 spiro atoms. The van der Waals surface area contributed by atoms with Crippen LogP contribution in [0.4, 0.5) is 4.79 Å². The number of amides is 3. The molecule has 3 amide bonds. The van der Waals surface area contributed by atoms with E-state index in [-0.39, 0.29) is 23.8 Å². The lowest BCUT2D eigenvalue weighted by Gasteiger charge is -2.24. The van der Waals surface area contributed by atoms with Crippen molar-refractivity contribution in [2.24, 2.45) is 0 Å². The van der Waals surface area contributed by atoms with Crippen LogP contribution in [0.3, 0.4) is 0 Å². The average molecular weight is 390 g/mol. The van der Waals surface area contributed by atoms with Gasteiger partial charge in [0.15, 0.2) is 0 Å². The fourth-order valence-corrected chi connectivity index (χ4v) is 2.88. The zero-order valence-electron chi connectivity index (χ0n) is 17.1. The molecule has 28 heavy (non-hydrogen) atoms. The average Bonchev–Trinajstić information content (AvgIpc) is 2.60. The van der Waals surface area contributed by atoms with Gasteiger partial charge in [-0.3, -0.25) is 14.9 Å². The third-order valence-corrected chi connectivity index (χ3v) is 4.38. The van der Waals surface area contributed by atoms with E-state index >= 15 is 0 Å². The minimum absolute atomic E-state index is 0.210. The largest absolute Gasteiger partial charge is 0.494 e. The fourth-order valence-electron chi connectivity index (χ4n) is 2.88. The molecule has 1 aliphatic rings. The first-order valence-electron chi connectivity index (χ1n) is 9.66. The Hall–Kier alpha value is -2.57. The lowest BCUT2D eigenvalue weighted by atomic mass is 9.90. The second-order valence-electron chi connectivity index (χ2n) is 8.03. The van der Waals surface area contributed by atoms with Crippen LogP contribution >= 0.6 is 0 Å². The van der Waals surface area contributed by atoms with Gasteiger partial charge in [0.2, 0.25) is 11.8 Å². The number of nitrogens with zero attached hydrogens (tertiary/aromatic N) is 1. The second-order valence-corrected chi connectivity index (χ2v) is 8.03. The van der Waals surface area contributed by atoms with Gasteiger partial charge in [-0.05, 0) is 57.7 Å². The molecule has 1 unspecified atom stereocenters. The van der Waals surface area contributed by atoms with Gasteiger partial charge in [0.05, 0.1) is 12.5 Å². The summed E-state index contributed by atoms with van der Waals surface area (Å²) in [4.78, 5) is 36.6. The molecule has 1 N–H and O–H groups in total. The van der Waals surface area contributed by atoms with Gasteiger partial charge in [-0.25, -0.2) is 4.79 Å². The van der Waals surface area contributed by atoms with E-state index in [9.17, 15) is 14.4 Å². The van der Waals surface area contributed by atoms with Crippen LogP contribution in [0, 0.1) is 0 Å². The first-order chi connectivity index (χ1) is 13.2. The highest BCUT2D eigenvalue weighted by molar-refractivity contribution is 6.00. The summed E-state index contributed by atoms with van der Waals surface area (Å²) in [5, 5.41) is 2.37. The molecule has 154 valence electrons. The highest BCUT2D eigenvalue weighted by Gasteiger charge is 2.27. The number of nitrogens with one attached hydrogen (secondary N) is 1. The van der Waals surface area contributed by atoms with Crippen molar-refractivity contribution >= 4 is 17.9 Å². The van der Waals surface area contributed by atoms with Crippen molar-refractivity contribution < 1.29 is 23.9 Å². The molecule has 0 saturated carbocycles.